The van der Waals surface area contributed by atoms with Gasteiger partial charge in [0.2, 0.25) is 0 Å². The maximum absolute atomic E-state index is 3.72. The minimum Gasteiger partial charge on any atom is -0.309 e. The van der Waals surface area contributed by atoms with E-state index in [1.54, 1.807) is 4.88 Å². The van der Waals surface area contributed by atoms with Crippen LogP contribution in [0.3, 0.4) is 0 Å². The molecule has 88 valence electrons. The summed E-state index contributed by atoms with van der Waals surface area (Å²) in [6.07, 6.45) is 4.47. The van der Waals surface area contributed by atoms with Crippen LogP contribution >= 0.6 is 11.3 Å². The minimum absolute atomic E-state index is 0.637. The summed E-state index contributed by atoms with van der Waals surface area (Å²) >= 11 is 1.94. The van der Waals surface area contributed by atoms with Crippen molar-refractivity contribution in [2.24, 2.45) is 17.8 Å². The maximum atomic E-state index is 3.72. The predicted molar refractivity (Wildman–Crippen MR) is 69.8 cm³/mol. The third kappa shape index (κ3) is 1.82. The van der Waals surface area contributed by atoms with Gasteiger partial charge in [-0.25, -0.2) is 0 Å². The molecule has 0 amide bonds. The van der Waals surface area contributed by atoms with Crippen LogP contribution in [-0.2, 0) is 0 Å². The first-order valence-electron chi connectivity index (χ1n) is 6.57. The molecule has 1 aromatic heterocycles. The van der Waals surface area contributed by atoms with Gasteiger partial charge in [0.15, 0.2) is 0 Å². The summed E-state index contributed by atoms with van der Waals surface area (Å²) in [5.41, 5.74) is 1.48. The standard InChI is InChI=1S/C14H21NS/c1-3-15-13(14-9(2)4-5-16-14)12-7-10-6-11(10)8-12/h4-5,10-13,15H,3,6-8H2,1-2H3. The van der Waals surface area contributed by atoms with E-state index < -0.39 is 0 Å². The van der Waals surface area contributed by atoms with Gasteiger partial charge in [-0.1, -0.05) is 6.92 Å². The molecule has 16 heavy (non-hydrogen) atoms. The highest BCUT2D eigenvalue weighted by atomic mass is 32.1. The zero-order chi connectivity index (χ0) is 11.1. The van der Waals surface area contributed by atoms with Gasteiger partial charge in [-0.3, -0.25) is 0 Å². The van der Waals surface area contributed by atoms with Crippen LogP contribution in [-0.4, -0.2) is 6.54 Å². The van der Waals surface area contributed by atoms with Gasteiger partial charge in [-0.15, -0.1) is 11.3 Å². The van der Waals surface area contributed by atoms with Crippen LogP contribution in [0.25, 0.3) is 0 Å². The summed E-state index contributed by atoms with van der Waals surface area (Å²) in [5.74, 6) is 3.08. The van der Waals surface area contributed by atoms with E-state index >= 15 is 0 Å². The monoisotopic (exact) mass is 235 g/mol. The molecule has 1 nitrogen and oxygen atoms in total. The summed E-state index contributed by atoms with van der Waals surface area (Å²) in [7, 11) is 0. The zero-order valence-corrected chi connectivity index (χ0v) is 11.0. The van der Waals surface area contributed by atoms with E-state index in [-0.39, 0.29) is 0 Å². The Morgan fingerprint density at radius 2 is 2.12 bits per heavy atom. The molecular weight excluding hydrogens is 214 g/mol. The number of hydrogen-bond acceptors (Lipinski definition) is 2. The largest absolute Gasteiger partial charge is 0.309 e. The van der Waals surface area contributed by atoms with E-state index in [1.165, 1.54) is 24.8 Å². The summed E-state index contributed by atoms with van der Waals surface area (Å²) in [5, 5.41) is 5.96. The normalized spacial score (nSPS) is 33.8. The SMILES string of the molecule is CCNC(c1sccc1C)C1CC2CC2C1. The van der Waals surface area contributed by atoms with Gasteiger partial charge in [-0.05, 0) is 67.5 Å². The van der Waals surface area contributed by atoms with Crippen LogP contribution in [0.4, 0.5) is 0 Å². The molecular formula is C14H21NS. The van der Waals surface area contributed by atoms with Crippen molar-refractivity contribution in [3.63, 3.8) is 0 Å². The Kier molecular flexibility index (Phi) is 2.80. The second-order valence-electron chi connectivity index (χ2n) is 5.49. The van der Waals surface area contributed by atoms with Gasteiger partial charge in [0.1, 0.15) is 0 Å². The second kappa shape index (κ2) is 4.15. The van der Waals surface area contributed by atoms with E-state index in [0.29, 0.717) is 6.04 Å². The van der Waals surface area contributed by atoms with Crippen LogP contribution in [0, 0.1) is 24.7 Å². The molecule has 3 atom stereocenters. The van der Waals surface area contributed by atoms with Crippen molar-refractivity contribution in [2.75, 3.05) is 6.54 Å². The first kappa shape index (κ1) is 10.8. The van der Waals surface area contributed by atoms with Gasteiger partial charge >= 0.3 is 0 Å². The first-order chi connectivity index (χ1) is 7.79. The van der Waals surface area contributed by atoms with Crippen LogP contribution < -0.4 is 5.32 Å². The smallest absolute Gasteiger partial charge is 0.0446 e. The fourth-order valence-electron chi connectivity index (χ4n) is 3.43. The Bertz CT molecular complexity index is 361. The lowest BCUT2D eigenvalue weighted by Gasteiger charge is -2.25. The van der Waals surface area contributed by atoms with Crippen molar-refractivity contribution in [1.82, 2.24) is 5.32 Å². The first-order valence-corrected chi connectivity index (χ1v) is 7.45. The lowest BCUT2D eigenvalue weighted by Crippen LogP contribution is -2.27. The van der Waals surface area contributed by atoms with E-state index in [2.05, 4.69) is 30.6 Å². The number of fused-ring (bicyclic) bond motifs is 1. The molecule has 2 aliphatic carbocycles. The molecule has 0 bridgehead atoms. The molecule has 3 unspecified atom stereocenters. The Hall–Kier alpha value is -0.340. The third-order valence-electron chi connectivity index (χ3n) is 4.36. The second-order valence-corrected chi connectivity index (χ2v) is 6.44. The molecule has 0 spiro atoms. The Balaban J connectivity index is 1.78. The molecule has 1 N–H and O–H groups in total. The van der Waals surface area contributed by atoms with Gasteiger partial charge in [-0.2, -0.15) is 0 Å². The van der Waals surface area contributed by atoms with Crippen molar-refractivity contribution in [3.8, 4) is 0 Å². The van der Waals surface area contributed by atoms with Crippen molar-refractivity contribution in [2.45, 2.75) is 39.2 Å². The summed E-state index contributed by atoms with van der Waals surface area (Å²) in [6, 6.07) is 2.90. The summed E-state index contributed by atoms with van der Waals surface area (Å²) in [4.78, 5) is 1.59. The molecule has 2 aliphatic rings. The Morgan fingerprint density at radius 1 is 1.38 bits per heavy atom. The summed E-state index contributed by atoms with van der Waals surface area (Å²) in [6.45, 7) is 5.57. The molecule has 1 aromatic rings. The zero-order valence-electron chi connectivity index (χ0n) is 10.2. The van der Waals surface area contributed by atoms with Crippen molar-refractivity contribution >= 4 is 11.3 Å². The molecule has 3 rings (SSSR count). The molecule has 1 heterocycles. The Labute approximate surface area is 102 Å². The molecule has 0 saturated heterocycles. The Morgan fingerprint density at radius 3 is 2.69 bits per heavy atom. The number of hydrogen-bond donors (Lipinski definition) is 1. The fourth-order valence-corrected chi connectivity index (χ4v) is 4.53. The highest BCUT2D eigenvalue weighted by molar-refractivity contribution is 7.10. The van der Waals surface area contributed by atoms with Crippen LogP contribution in [0.2, 0.25) is 0 Å². The van der Waals surface area contributed by atoms with E-state index in [0.717, 1.165) is 24.3 Å². The van der Waals surface area contributed by atoms with E-state index in [4.69, 9.17) is 0 Å². The maximum Gasteiger partial charge on any atom is 0.0446 e. The predicted octanol–water partition coefficient (Wildman–Crippen LogP) is 3.75. The number of nitrogens with one attached hydrogen (secondary N) is 1. The lowest BCUT2D eigenvalue weighted by molar-refractivity contribution is 0.350. The summed E-state index contributed by atoms with van der Waals surface area (Å²) < 4.78 is 0. The fraction of sp³-hybridized carbons (Fsp3) is 0.714. The molecule has 2 saturated carbocycles. The molecule has 2 fully saturated rings. The molecule has 0 aromatic carbocycles. The number of aryl methyl sites for hydroxylation is 1. The van der Waals surface area contributed by atoms with Gasteiger partial charge in [0.25, 0.3) is 0 Å². The quantitative estimate of drug-likeness (QED) is 0.838. The van der Waals surface area contributed by atoms with Crippen LogP contribution in [0.15, 0.2) is 11.4 Å². The van der Waals surface area contributed by atoms with Crippen LogP contribution in [0.5, 0.6) is 0 Å². The molecule has 0 aliphatic heterocycles. The van der Waals surface area contributed by atoms with Crippen molar-refractivity contribution < 1.29 is 0 Å². The van der Waals surface area contributed by atoms with Crippen LogP contribution in [0.1, 0.15) is 42.7 Å². The third-order valence-corrected chi connectivity index (χ3v) is 5.46. The van der Waals surface area contributed by atoms with Crippen molar-refractivity contribution in [1.29, 1.82) is 0 Å². The van der Waals surface area contributed by atoms with E-state index in [1.807, 2.05) is 11.3 Å². The minimum atomic E-state index is 0.637. The topological polar surface area (TPSA) is 12.0 Å². The lowest BCUT2D eigenvalue weighted by atomic mass is 9.92. The van der Waals surface area contributed by atoms with Gasteiger partial charge in [0.05, 0.1) is 0 Å². The average Bonchev–Trinajstić information content (AvgIpc) is 2.71. The number of thiophene rings is 1. The molecule has 2 heteroatoms. The molecule has 0 radical (unpaired) electrons. The van der Waals surface area contributed by atoms with Gasteiger partial charge in [0, 0.05) is 10.9 Å². The average molecular weight is 235 g/mol. The van der Waals surface area contributed by atoms with Gasteiger partial charge < -0.3 is 5.32 Å². The number of rotatable bonds is 4. The highest BCUT2D eigenvalue weighted by Gasteiger charge is 2.48. The highest BCUT2D eigenvalue weighted by Crippen LogP contribution is 2.57. The van der Waals surface area contributed by atoms with Crippen molar-refractivity contribution in [3.05, 3.63) is 21.9 Å². The van der Waals surface area contributed by atoms with E-state index in [9.17, 15) is 0 Å².